The summed E-state index contributed by atoms with van der Waals surface area (Å²) in [5, 5.41) is 12.6. The number of carbonyl (C=O) groups is 1. The van der Waals surface area contributed by atoms with Crippen molar-refractivity contribution >= 4 is 13.7 Å². The van der Waals surface area contributed by atoms with Crippen molar-refractivity contribution in [3.8, 4) is 11.5 Å². The number of H-pyrrole nitrogens is 1. The molecule has 6 atom stereocenters. The van der Waals surface area contributed by atoms with Crippen molar-refractivity contribution < 1.29 is 47.5 Å². The third-order valence-corrected chi connectivity index (χ3v) is 6.35. The van der Waals surface area contributed by atoms with Crippen LogP contribution in [0.25, 0.3) is 0 Å². The highest BCUT2D eigenvalue weighted by Gasteiger charge is 2.55. The summed E-state index contributed by atoms with van der Waals surface area (Å²) in [6, 6.07) is 5.59. The molecule has 1 unspecified atom stereocenters. The van der Waals surface area contributed by atoms with Gasteiger partial charge in [0.2, 0.25) is 5.75 Å². The first-order valence-corrected chi connectivity index (χ1v) is 13.0. The minimum Gasteiger partial charge on any atom is -0.487 e. The van der Waals surface area contributed by atoms with Crippen LogP contribution in [0.3, 0.4) is 0 Å². The van der Waals surface area contributed by atoms with E-state index < -0.39 is 67.8 Å². The number of benzene rings is 1. The van der Waals surface area contributed by atoms with Gasteiger partial charge in [-0.25, -0.2) is 18.8 Å². The van der Waals surface area contributed by atoms with E-state index in [1.165, 1.54) is 31.2 Å². The molecule has 210 valence electrons. The van der Waals surface area contributed by atoms with Gasteiger partial charge in [0.25, 0.3) is 5.56 Å². The second-order valence-corrected chi connectivity index (χ2v) is 10.4. The molecule has 2 heterocycles. The molecule has 1 aromatic heterocycles. The molecule has 1 aromatic carbocycles. The second kappa shape index (κ2) is 11.8. The van der Waals surface area contributed by atoms with Crippen molar-refractivity contribution in [3.63, 3.8) is 0 Å². The summed E-state index contributed by atoms with van der Waals surface area (Å²) in [5.74, 6) is -0.968. The van der Waals surface area contributed by atoms with Gasteiger partial charge in [0.1, 0.15) is 24.9 Å². The van der Waals surface area contributed by atoms with Crippen molar-refractivity contribution in [2.24, 2.45) is 0 Å². The van der Waals surface area contributed by atoms with Crippen LogP contribution >= 0.6 is 7.75 Å². The highest BCUT2D eigenvalue weighted by molar-refractivity contribution is 7.50. The molecule has 1 saturated heterocycles. The predicted octanol–water partition coefficient (Wildman–Crippen LogP) is 0.943. The summed E-state index contributed by atoms with van der Waals surface area (Å²) in [6.45, 7) is 5.14. The fourth-order valence-corrected chi connectivity index (χ4v) is 4.34. The lowest BCUT2D eigenvalue weighted by Gasteiger charge is -2.24. The first kappa shape index (κ1) is 29.5. The standard InChI is InChI=1S/C22H29FN3O11P/c1-12(2)34-19(29)13(3)25-38(31,32)37-36-15-8-6-5-7-14(15)33-11-16-18(28)22(4,23)20(35-16)26-10-9-17(27)24-21(26)30/h5-10,12-13,16,18,20,28H,11H2,1-4H3,(H,24,27,30)(H2,25,31,32)/t13-,16+,18+,20+,22+/m0/s1. The monoisotopic (exact) mass is 561 g/mol. The van der Waals surface area contributed by atoms with Crippen LogP contribution < -0.4 is 26.0 Å². The topological polar surface area (TPSA) is 188 Å². The number of alkyl halides is 1. The number of rotatable bonds is 11. The molecule has 0 radical (unpaired) electrons. The number of ether oxygens (including phenoxy) is 3. The highest BCUT2D eigenvalue weighted by Crippen LogP contribution is 2.42. The fraction of sp³-hybridized carbons (Fsp3) is 0.500. The van der Waals surface area contributed by atoms with Gasteiger partial charge in [0, 0.05) is 12.3 Å². The Labute approximate surface area is 215 Å². The SMILES string of the molecule is CC(C)OC(=O)[C@H](C)NP(=O)(O)OOc1ccccc1OC[C@H]1O[C@@H](n2ccc(=O)[nH]c2=O)[C@](C)(F)[C@@H]1O. The first-order chi connectivity index (χ1) is 17.7. The van der Waals surface area contributed by atoms with Crippen LogP contribution in [0.15, 0.2) is 46.1 Å². The zero-order chi connectivity index (χ0) is 28.3. The van der Waals surface area contributed by atoms with Gasteiger partial charge in [-0.1, -0.05) is 16.8 Å². The molecule has 3 rings (SSSR count). The number of hydrogen-bond acceptors (Lipinski definition) is 10. The van der Waals surface area contributed by atoms with Gasteiger partial charge in [-0.15, -0.1) is 0 Å². The molecule has 0 aliphatic carbocycles. The van der Waals surface area contributed by atoms with Gasteiger partial charge < -0.3 is 29.1 Å². The minimum absolute atomic E-state index is 0.0271. The number of nitrogens with zero attached hydrogens (tertiary/aromatic N) is 1. The van der Waals surface area contributed by atoms with Crippen LogP contribution in [0, 0.1) is 0 Å². The molecule has 2 aromatic rings. The number of para-hydroxylation sites is 2. The number of aliphatic hydroxyl groups excluding tert-OH is 1. The van der Waals surface area contributed by atoms with E-state index in [0.29, 0.717) is 0 Å². The molecule has 38 heavy (non-hydrogen) atoms. The molecule has 16 heteroatoms. The molecule has 0 bridgehead atoms. The van der Waals surface area contributed by atoms with Crippen molar-refractivity contribution in [3.05, 3.63) is 57.4 Å². The van der Waals surface area contributed by atoms with Crippen LogP contribution in [0.2, 0.25) is 0 Å². The van der Waals surface area contributed by atoms with Crippen LogP contribution in [0.1, 0.15) is 33.9 Å². The van der Waals surface area contributed by atoms with Crippen LogP contribution in [0.5, 0.6) is 11.5 Å². The van der Waals surface area contributed by atoms with Crippen molar-refractivity contribution in [2.45, 2.75) is 63.9 Å². The lowest BCUT2D eigenvalue weighted by atomic mass is 9.98. The normalized spacial score (nSPS) is 25.5. The van der Waals surface area contributed by atoms with Gasteiger partial charge in [-0.05, 0) is 39.8 Å². The van der Waals surface area contributed by atoms with Gasteiger partial charge in [0.15, 0.2) is 17.6 Å². The van der Waals surface area contributed by atoms with Gasteiger partial charge in [0.05, 0.1) is 6.10 Å². The number of aromatic amines is 1. The Morgan fingerprint density at radius 1 is 1.26 bits per heavy atom. The van der Waals surface area contributed by atoms with E-state index in [1.807, 2.05) is 4.98 Å². The molecule has 1 aliphatic heterocycles. The maximum Gasteiger partial charge on any atom is 0.440 e. The summed E-state index contributed by atoms with van der Waals surface area (Å²) in [5.41, 5.74) is -4.04. The Morgan fingerprint density at radius 2 is 1.92 bits per heavy atom. The van der Waals surface area contributed by atoms with Crippen molar-refractivity contribution in [1.29, 1.82) is 0 Å². The molecule has 0 amide bonds. The van der Waals surface area contributed by atoms with Crippen molar-refractivity contribution in [1.82, 2.24) is 14.6 Å². The second-order valence-electron chi connectivity index (χ2n) is 8.91. The fourth-order valence-electron chi connectivity index (χ4n) is 3.52. The zero-order valence-electron chi connectivity index (χ0n) is 20.9. The average molecular weight is 561 g/mol. The lowest BCUT2D eigenvalue weighted by Crippen LogP contribution is -2.43. The summed E-state index contributed by atoms with van der Waals surface area (Å²) < 4.78 is 49.1. The molecule has 0 saturated carbocycles. The summed E-state index contributed by atoms with van der Waals surface area (Å²) in [7, 11) is -4.65. The van der Waals surface area contributed by atoms with Crippen LogP contribution in [-0.4, -0.2) is 62.1 Å². The molecule has 14 nitrogen and oxygen atoms in total. The van der Waals surface area contributed by atoms with Gasteiger partial charge >= 0.3 is 19.4 Å². The Morgan fingerprint density at radius 3 is 2.55 bits per heavy atom. The molecule has 0 spiro atoms. The summed E-state index contributed by atoms with van der Waals surface area (Å²) in [6.07, 6.45) is -3.95. The third-order valence-electron chi connectivity index (χ3n) is 5.36. The Hall–Kier alpha value is -3.07. The maximum atomic E-state index is 15.3. The number of carbonyl (C=O) groups excluding carboxylic acids is 1. The number of esters is 1. The number of aliphatic hydroxyl groups is 1. The third kappa shape index (κ3) is 7.07. The smallest absolute Gasteiger partial charge is 0.440 e. The van der Waals surface area contributed by atoms with E-state index in [-0.39, 0.29) is 11.5 Å². The van der Waals surface area contributed by atoms with E-state index in [1.54, 1.807) is 13.8 Å². The van der Waals surface area contributed by atoms with Crippen LogP contribution in [0.4, 0.5) is 4.39 Å². The lowest BCUT2D eigenvalue weighted by molar-refractivity contribution is -0.149. The Bertz CT molecular complexity index is 1300. The van der Waals surface area contributed by atoms with Gasteiger partial charge in [-0.2, -0.15) is 0 Å². The van der Waals surface area contributed by atoms with E-state index in [4.69, 9.17) is 19.1 Å². The maximum absolute atomic E-state index is 15.3. The van der Waals surface area contributed by atoms with E-state index in [9.17, 15) is 28.9 Å². The first-order valence-electron chi connectivity index (χ1n) is 11.4. The van der Waals surface area contributed by atoms with E-state index >= 15 is 4.39 Å². The van der Waals surface area contributed by atoms with Gasteiger partial charge in [-0.3, -0.25) is 19.1 Å². The Balaban J connectivity index is 1.65. The van der Waals surface area contributed by atoms with Crippen LogP contribution in [-0.2, 0) is 23.5 Å². The number of nitrogens with one attached hydrogen (secondary N) is 2. The zero-order valence-corrected chi connectivity index (χ0v) is 21.8. The predicted molar refractivity (Wildman–Crippen MR) is 128 cm³/mol. The highest BCUT2D eigenvalue weighted by atomic mass is 31.2. The van der Waals surface area contributed by atoms with E-state index in [2.05, 4.69) is 9.76 Å². The van der Waals surface area contributed by atoms with E-state index in [0.717, 1.165) is 23.8 Å². The number of aromatic nitrogens is 2. The van der Waals surface area contributed by atoms with Crippen molar-refractivity contribution in [2.75, 3.05) is 6.61 Å². The molecular formula is C22H29FN3O11P. The Kier molecular flexibility index (Phi) is 9.13. The number of hydrogen-bond donors (Lipinski definition) is 4. The largest absolute Gasteiger partial charge is 0.487 e. The molecule has 1 fully saturated rings. The molecular weight excluding hydrogens is 532 g/mol. The number of halogens is 1. The molecule has 1 aliphatic rings. The summed E-state index contributed by atoms with van der Waals surface area (Å²) >= 11 is 0. The minimum atomic E-state index is -4.65. The quantitative estimate of drug-likeness (QED) is 0.132. The average Bonchev–Trinajstić information content (AvgIpc) is 3.04. The molecule has 4 N–H and O–H groups in total. The summed E-state index contributed by atoms with van der Waals surface area (Å²) in [4.78, 5) is 52.2.